The molecule has 2 aromatic carbocycles. The number of carboxylic acid groups (broad SMARTS) is 1. The van der Waals surface area contributed by atoms with Crippen LogP contribution in [0.25, 0.3) is 0 Å². The lowest BCUT2D eigenvalue weighted by Crippen LogP contribution is -2.41. The van der Waals surface area contributed by atoms with Crippen LogP contribution < -0.4 is 4.74 Å². The van der Waals surface area contributed by atoms with Gasteiger partial charge in [0.25, 0.3) is 0 Å². The van der Waals surface area contributed by atoms with Crippen LogP contribution in [0.2, 0.25) is 0 Å². The molecule has 1 aliphatic heterocycles. The summed E-state index contributed by atoms with van der Waals surface area (Å²) in [6.07, 6.45) is -0.591. The molecular formula is C26H31NO7. The monoisotopic (exact) mass is 469 g/mol. The number of ether oxygens (including phenoxy) is 3. The van der Waals surface area contributed by atoms with Crippen molar-refractivity contribution < 1.29 is 34.0 Å². The highest BCUT2D eigenvalue weighted by molar-refractivity contribution is 5.99. The number of carbonyl (C=O) groups excluding carboxylic acids is 1. The molecule has 8 nitrogen and oxygen atoms in total. The summed E-state index contributed by atoms with van der Waals surface area (Å²) in [7, 11) is 0. The number of aliphatic hydroxyl groups is 1. The minimum atomic E-state index is -1.69. The molecule has 0 bridgehead atoms. The van der Waals surface area contributed by atoms with E-state index in [9.17, 15) is 14.7 Å². The fourth-order valence-corrected chi connectivity index (χ4v) is 3.67. The van der Waals surface area contributed by atoms with Crippen molar-refractivity contribution in [3.63, 3.8) is 0 Å². The maximum Gasteiger partial charge on any atom is 0.336 e. The number of nitrogens with zero attached hydrogens (tertiary/aromatic N) is 1. The first-order chi connectivity index (χ1) is 16.1. The van der Waals surface area contributed by atoms with Crippen molar-refractivity contribution in [1.29, 1.82) is 0 Å². The number of benzene rings is 2. The Morgan fingerprint density at radius 2 is 1.76 bits per heavy atom. The average molecular weight is 470 g/mol. The van der Waals surface area contributed by atoms with Crippen molar-refractivity contribution in [2.24, 2.45) is 4.99 Å². The smallest absolute Gasteiger partial charge is 0.336 e. The van der Waals surface area contributed by atoms with Gasteiger partial charge in [-0.2, -0.15) is 0 Å². The molecule has 8 heteroatoms. The second kappa shape index (κ2) is 10.7. The van der Waals surface area contributed by atoms with Crippen molar-refractivity contribution >= 4 is 17.8 Å². The van der Waals surface area contributed by atoms with Crippen LogP contribution in [-0.4, -0.2) is 52.4 Å². The van der Waals surface area contributed by atoms with Crippen molar-refractivity contribution in [3.05, 3.63) is 65.7 Å². The van der Waals surface area contributed by atoms with Crippen LogP contribution in [0.1, 0.15) is 57.3 Å². The Labute approximate surface area is 199 Å². The predicted octanol–water partition coefficient (Wildman–Crippen LogP) is 3.91. The molecular weight excluding hydrogens is 438 g/mol. The Balaban J connectivity index is 1.90. The van der Waals surface area contributed by atoms with Gasteiger partial charge < -0.3 is 24.4 Å². The van der Waals surface area contributed by atoms with E-state index in [2.05, 4.69) is 4.99 Å². The molecule has 0 aromatic heterocycles. The first kappa shape index (κ1) is 25.2. The van der Waals surface area contributed by atoms with E-state index in [1.165, 1.54) is 0 Å². The molecule has 0 spiro atoms. The molecule has 0 fully saturated rings. The highest BCUT2D eigenvalue weighted by Gasteiger charge is 2.53. The van der Waals surface area contributed by atoms with Crippen molar-refractivity contribution in [2.75, 3.05) is 13.2 Å². The van der Waals surface area contributed by atoms with E-state index in [0.29, 0.717) is 29.9 Å². The molecule has 1 heterocycles. The molecule has 2 N–H and O–H groups in total. The van der Waals surface area contributed by atoms with E-state index in [-0.39, 0.29) is 25.3 Å². The average Bonchev–Trinajstić information content (AvgIpc) is 3.19. The Bertz CT molecular complexity index is 1010. The van der Waals surface area contributed by atoms with E-state index in [1.54, 1.807) is 69.3 Å². The standard InChI is InChI=1S/C26H31NO7/c1-25(2,3)34-21(29)14-15-26(24(30)31)22(18-8-5-4-6-9-18)33-23(27-26)19-10-12-20(13-11-19)32-17-7-16-28/h4-6,8-13,22,28H,7,14-17H2,1-3H3,(H,30,31)/t22-,26-/m1/s1. The lowest BCUT2D eigenvalue weighted by molar-refractivity contribution is -0.156. The SMILES string of the molecule is CC(C)(C)OC(=O)CC[C@@]1(C(=O)O)N=C(c2ccc(OCCCO)cc2)O[C@@H]1c1ccccc1. The molecule has 2 atom stereocenters. The quantitative estimate of drug-likeness (QED) is 0.400. The van der Waals surface area contributed by atoms with Crippen LogP contribution in [0.4, 0.5) is 0 Å². The van der Waals surface area contributed by atoms with E-state index in [4.69, 9.17) is 19.3 Å². The third kappa shape index (κ3) is 6.14. The van der Waals surface area contributed by atoms with Gasteiger partial charge in [0.15, 0.2) is 6.10 Å². The summed E-state index contributed by atoms with van der Waals surface area (Å²) in [5, 5.41) is 19.2. The minimum Gasteiger partial charge on any atom is -0.494 e. The van der Waals surface area contributed by atoms with Gasteiger partial charge in [0.2, 0.25) is 11.4 Å². The van der Waals surface area contributed by atoms with Gasteiger partial charge in [-0.1, -0.05) is 30.3 Å². The number of aliphatic carboxylic acids is 1. The summed E-state index contributed by atoms with van der Waals surface area (Å²) in [6.45, 7) is 5.71. The number of esters is 1. The van der Waals surface area contributed by atoms with Gasteiger partial charge in [-0.3, -0.25) is 4.79 Å². The number of rotatable bonds is 10. The number of aliphatic imine (C=N–C) groups is 1. The maximum absolute atomic E-state index is 12.6. The van der Waals surface area contributed by atoms with Crippen LogP contribution in [0, 0.1) is 0 Å². The fourth-order valence-electron chi connectivity index (χ4n) is 3.67. The van der Waals surface area contributed by atoms with Crippen molar-refractivity contribution in [1.82, 2.24) is 0 Å². The molecule has 0 aliphatic carbocycles. The number of aliphatic hydroxyl groups excluding tert-OH is 1. The first-order valence-electron chi connectivity index (χ1n) is 11.3. The first-order valence-corrected chi connectivity index (χ1v) is 11.3. The Morgan fingerprint density at radius 1 is 1.09 bits per heavy atom. The highest BCUT2D eigenvalue weighted by atomic mass is 16.6. The third-order valence-electron chi connectivity index (χ3n) is 5.24. The normalized spacial score (nSPS) is 19.8. The van der Waals surface area contributed by atoms with Crippen LogP contribution in [0.5, 0.6) is 5.75 Å². The Hall–Kier alpha value is -3.39. The van der Waals surface area contributed by atoms with E-state index < -0.39 is 29.2 Å². The molecule has 182 valence electrons. The summed E-state index contributed by atoms with van der Waals surface area (Å²) in [6, 6.07) is 15.9. The van der Waals surface area contributed by atoms with Crippen LogP contribution in [-0.2, 0) is 19.1 Å². The largest absolute Gasteiger partial charge is 0.494 e. The van der Waals surface area contributed by atoms with Crippen LogP contribution in [0.15, 0.2) is 59.6 Å². The van der Waals surface area contributed by atoms with Crippen molar-refractivity contribution in [2.45, 2.75) is 57.3 Å². The van der Waals surface area contributed by atoms with Gasteiger partial charge in [0.05, 0.1) is 6.61 Å². The van der Waals surface area contributed by atoms with Gasteiger partial charge >= 0.3 is 11.9 Å². The van der Waals surface area contributed by atoms with Crippen molar-refractivity contribution in [3.8, 4) is 5.75 Å². The lowest BCUT2D eigenvalue weighted by Gasteiger charge is -2.28. The molecule has 2 aromatic rings. The third-order valence-corrected chi connectivity index (χ3v) is 5.24. The van der Waals surface area contributed by atoms with Crippen LogP contribution >= 0.6 is 0 Å². The molecule has 0 amide bonds. The Morgan fingerprint density at radius 3 is 2.35 bits per heavy atom. The van der Waals surface area contributed by atoms with E-state index >= 15 is 0 Å². The van der Waals surface area contributed by atoms with Gasteiger partial charge in [0.1, 0.15) is 11.4 Å². The maximum atomic E-state index is 12.6. The van der Waals surface area contributed by atoms with Crippen LogP contribution in [0.3, 0.4) is 0 Å². The number of hydrogen-bond donors (Lipinski definition) is 2. The molecule has 0 saturated carbocycles. The van der Waals surface area contributed by atoms with Gasteiger partial charge in [0, 0.05) is 25.0 Å². The number of hydrogen-bond acceptors (Lipinski definition) is 7. The highest BCUT2D eigenvalue weighted by Crippen LogP contribution is 2.43. The van der Waals surface area contributed by atoms with Gasteiger partial charge in [-0.05, 0) is 57.0 Å². The minimum absolute atomic E-state index is 0.0458. The zero-order valence-corrected chi connectivity index (χ0v) is 19.7. The van der Waals surface area contributed by atoms with Gasteiger partial charge in [-0.25, -0.2) is 9.79 Å². The zero-order chi connectivity index (χ0) is 24.8. The second-order valence-electron chi connectivity index (χ2n) is 9.09. The summed E-state index contributed by atoms with van der Waals surface area (Å²) in [4.78, 5) is 29.5. The lowest BCUT2D eigenvalue weighted by atomic mass is 9.84. The molecule has 0 saturated heterocycles. The summed E-state index contributed by atoms with van der Waals surface area (Å²) >= 11 is 0. The molecule has 0 radical (unpaired) electrons. The molecule has 0 unspecified atom stereocenters. The molecule has 34 heavy (non-hydrogen) atoms. The summed E-state index contributed by atoms with van der Waals surface area (Å²) < 4.78 is 17.1. The zero-order valence-electron chi connectivity index (χ0n) is 19.7. The predicted molar refractivity (Wildman–Crippen MR) is 126 cm³/mol. The fraction of sp³-hybridized carbons (Fsp3) is 0.423. The topological polar surface area (TPSA) is 115 Å². The number of carbonyl (C=O) groups is 2. The second-order valence-corrected chi connectivity index (χ2v) is 9.09. The van der Waals surface area contributed by atoms with E-state index in [0.717, 1.165) is 0 Å². The number of carboxylic acids is 1. The summed E-state index contributed by atoms with van der Waals surface area (Å²) in [5.74, 6) is -0.871. The van der Waals surface area contributed by atoms with E-state index in [1.807, 2.05) is 6.07 Å². The Kier molecular flexibility index (Phi) is 7.94. The molecule has 1 aliphatic rings. The molecule has 3 rings (SSSR count). The summed E-state index contributed by atoms with van der Waals surface area (Å²) in [5.41, 5.74) is -1.12. The van der Waals surface area contributed by atoms with Gasteiger partial charge in [-0.15, -0.1) is 0 Å².